The van der Waals surface area contributed by atoms with Gasteiger partial charge in [-0.05, 0) is 24.3 Å². The molecule has 0 bridgehead atoms. The zero-order valence-electron chi connectivity index (χ0n) is 14.3. The highest BCUT2D eigenvalue weighted by Gasteiger charge is 2.14. The van der Waals surface area contributed by atoms with Gasteiger partial charge < -0.3 is 9.15 Å². The maximum absolute atomic E-state index is 12.2. The second-order valence-electron chi connectivity index (χ2n) is 5.77. The van der Waals surface area contributed by atoms with E-state index in [-0.39, 0.29) is 29.8 Å². The monoisotopic (exact) mass is 376 g/mol. The Morgan fingerprint density at radius 1 is 1.04 bits per heavy atom. The molecule has 138 valence electrons. The lowest BCUT2D eigenvalue weighted by atomic mass is 10.2. The van der Waals surface area contributed by atoms with Gasteiger partial charge in [-0.1, -0.05) is 24.3 Å². The van der Waals surface area contributed by atoms with Gasteiger partial charge in [-0.25, -0.2) is 9.78 Å². The van der Waals surface area contributed by atoms with Gasteiger partial charge in [0.25, 0.3) is 11.6 Å². The van der Waals surface area contributed by atoms with Crippen LogP contribution in [-0.4, -0.2) is 26.1 Å². The first kappa shape index (κ1) is 17.3. The molecule has 0 N–H and O–H groups in total. The number of para-hydroxylation sites is 1. The van der Waals surface area contributed by atoms with Crippen molar-refractivity contribution in [3.8, 4) is 11.5 Å². The van der Waals surface area contributed by atoms with E-state index in [0.717, 1.165) is 5.39 Å². The lowest BCUT2D eigenvalue weighted by molar-refractivity contribution is -0.384. The summed E-state index contributed by atoms with van der Waals surface area (Å²) in [5.74, 6) is -0.340. The molecule has 9 heteroatoms. The molecule has 0 spiro atoms. The normalized spacial score (nSPS) is 10.7. The summed E-state index contributed by atoms with van der Waals surface area (Å²) >= 11 is 0. The summed E-state index contributed by atoms with van der Waals surface area (Å²) < 4.78 is 10.6. The Morgan fingerprint density at radius 2 is 1.82 bits per heavy atom. The van der Waals surface area contributed by atoms with E-state index in [1.807, 2.05) is 18.2 Å². The van der Waals surface area contributed by atoms with Crippen molar-refractivity contribution in [2.45, 2.75) is 6.61 Å². The highest BCUT2D eigenvalue weighted by atomic mass is 16.6. The van der Waals surface area contributed by atoms with Crippen molar-refractivity contribution in [3.63, 3.8) is 0 Å². The predicted octanol–water partition coefficient (Wildman–Crippen LogP) is 3.55. The molecule has 0 amide bonds. The largest absolute Gasteiger partial charge is 0.451 e. The van der Waals surface area contributed by atoms with Crippen LogP contribution in [-0.2, 0) is 11.3 Å². The van der Waals surface area contributed by atoms with Crippen LogP contribution in [0.1, 0.15) is 16.4 Å². The van der Waals surface area contributed by atoms with Crippen LogP contribution in [0.25, 0.3) is 22.4 Å². The summed E-state index contributed by atoms with van der Waals surface area (Å²) in [5, 5.41) is 19.3. The van der Waals surface area contributed by atoms with Gasteiger partial charge in [-0.2, -0.15) is 0 Å². The summed E-state index contributed by atoms with van der Waals surface area (Å²) in [7, 11) is 0. The molecule has 4 aromatic rings. The molecule has 2 heterocycles. The van der Waals surface area contributed by atoms with Crippen molar-refractivity contribution >= 4 is 22.6 Å². The van der Waals surface area contributed by atoms with Crippen molar-refractivity contribution < 1.29 is 18.9 Å². The molecule has 0 radical (unpaired) electrons. The molecule has 0 aliphatic carbocycles. The van der Waals surface area contributed by atoms with E-state index in [0.29, 0.717) is 11.1 Å². The number of hydrogen-bond acceptors (Lipinski definition) is 8. The number of benzene rings is 2. The number of non-ortho nitro benzene ring substituents is 1. The van der Waals surface area contributed by atoms with E-state index in [1.165, 1.54) is 24.3 Å². The Bertz CT molecular complexity index is 1170. The third-order valence-corrected chi connectivity index (χ3v) is 3.93. The number of nitro groups is 1. The van der Waals surface area contributed by atoms with E-state index >= 15 is 0 Å². The number of carbonyl (C=O) groups excluding carboxylic acids is 1. The number of carbonyl (C=O) groups is 1. The Balaban J connectivity index is 1.43. The van der Waals surface area contributed by atoms with Crippen molar-refractivity contribution in [3.05, 3.63) is 82.4 Å². The van der Waals surface area contributed by atoms with E-state index < -0.39 is 10.9 Å². The van der Waals surface area contributed by atoms with Gasteiger partial charge in [0.1, 0.15) is 5.69 Å². The lowest BCUT2D eigenvalue weighted by Crippen LogP contribution is -2.07. The molecule has 2 aromatic heterocycles. The molecular formula is C19H12N4O5. The smallest absolute Gasteiger partial charge is 0.357 e. The highest BCUT2D eigenvalue weighted by Crippen LogP contribution is 2.21. The van der Waals surface area contributed by atoms with Crippen LogP contribution < -0.4 is 0 Å². The minimum absolute atomic E-state index is 0.0414. The minimum Gasteiger partial charge on any atom is -0.451 e. The van der Waals surface area contributed by atoms with Gasteiger partial charge in [-0.15, -0.1) is 10.2 Å². The number of fused-ring (bicyclic) bond motifs is 1. The van der Waals surface area contributed by atoms with E-state index in [2.05, 4.69) is 15.2 Å². The Hall–Kier alpha value is -4.14. The van der Waals surface area contributed by atoms with Gasteiger partial charge in [0, 0.05) is 23.1 Å². The van der Waals surface area contributed by atoms with Crippen LogP contribution in [0.2, 0.25) is 0 Å². The SMILES string of the molecule is O=C(OCc1nnc(-c2ccc([N+](=O)[O-])cc2)o1)c1ccc2ccccc2n1. The number of ether oxygens (including phenoxy) is 1. The maximum atomic E-state index is 12.2. The predicted molar refractivity (Wildman–Crippen MR) is 97.3 cm³/mol. The first-order valence-electron chi connectivity index (χ1n) is 8.20. The average molecular weight is 376 g/mol. The molecule has 2 aromatic carbocycles. The fraction of sp³-hybridized carbons (Fsp3) is 0.0526. The molecule has 4 rings (SSSR count). The topological polar surface area (TPSA) is 121 Å². The fourth-order valence-corrected chi connectivity index (χ4v) is 2.54. The van der Waals surface area contributed by atoms with Crippen LogP contribution in [0.3, 0.4) is 0 Å². The summed E-state index contributed by atoms with van der Waals surface area (Å²) in [5.41, 5.74) is 1.34. The van der Waals surface area contributed by atoms with Crippen LogP contribution in [0, 0.1) is 10.1 Å². The van der Waals surface area contributed by atoms with Gasteiger partial charge in [0.2, 0.25) is 5.89 Å². The molecule has 0 unspecified atom stereocenters. The first-order valence-corrected chi connectivity index (χ1v) is 8.20. The van der Waals surface area contributed by atoms with Gasteiger partial charge in [0.15, 0.2) is 6.61 Å². The molecule has 0 saturated heterocycles. The molecule has 0 aliphatic rings. The number of aromatic nitrogens is 3. The van der Waals surface area contributed by atoms with Crippen molar-refractivity contribution in [2.75, 3.05) is 0 Å². The molecule has 0 fully saturated rings. The maximum Gasteiger partial charge on any atom is 0.357 e. The summed E-state index contributed by atoms with van der Waals surface area (Å²) in [4.78, 5) is 26.7. The fourth-order valence-electron chi connectivity index (χ4n) is 2.54. The number of rotatable bonds is 5. The molecule has 9 nitrogen and oxygen atoms in total. The van der Waals surface area contributed by atoms with E-state index in [1.54, 1.807) is 18.2 Å². The number of pyridine rings is 1. The third-order valence-electron chi connectivity index (χ3n) is 3.93. The Morgan fingerprint density at radius 3 is 2.61 bits per heavy atom. The lowest BCUT2D eigenvalue weighted by Gasteiger charge is -2.03. The number of nitro benzene ring substituents is 1. The Labute approximate surface area is 157 Å². The van der Waals surface area contributed by atoms with Gasteiger partial charge in [-0.3, -0.25) is 10.1 Å². The number of hydrogen-bond donors (Lipinski definition) is 0. The third kappa shape index (κ3) is 3.54. The van der Waals surface area contributed by atoms with Crippen molar-refractivity contribution in [1.29, 1.82) is 0 Å². The second-order valence-corrected chi connectivity index (χ2v) is 5.77. The molecule has 0 saturated carbocycles. The van der Waals surface area contributed by atoms with Crippen molar-refractivity contribution in [1.82, 2.24) is 15.2 Å². The first-order chi connectivity index (χ1) is 13.6. The van der Waals surface area contributed by atoms with Crippen LogP contribution in [0.4, 0.5) is 5.69 Å². The zero-order valence-corrected chi connectivity index (χ0v) is 14.3. The quantitative estimate of drug-likeness (QED) is 0.294. The minimum atomic E-state index is -0.610. The Kier molecular flexibility index (Phi) is 4.47. The summed E-state index contributed by atoms with van der Waals surface area (Å²) in [6, 6.07) is 16.5. The van der Waals surface area contributed by atoms with Gasteiger partial charge in [0.05, 0.1) is 10.4 Å². The zero-order chi connectivity index (χ0) is 19.5. The summed E-state index contributed by atoms with van der Waals surface area (Å²) in [6.07, 6.45) is 0. The van der Waals surface area contributed by atoms with Crippen LogP contribution in [0.5, 0.6) is 0 Å². The van der Waals surface area contributed by atoms with E-state index in [9.17, 15) is 14.9 Å². The standard InChI is InChI=1S/C19H12N4O5/c24-19(16-10-7-12-3-1-2-4-15(12)20-16)27-11-17-21-22-18(28-17)13-5-8-14(9-6-13)23(25)26/h1-10H,11H2. The van der Waals surface area contributed by atoms with Crippen LogP contribution >= 0.6 is 0 Å². The molecule has 0 aliphatic heterocycles. The molecule has 28 heavy (non-hydrogen) atoms. The van der Waals surface area contributed by atoms with Gasteiger partial charge >= 0.3 is 5.97 Å². The number of nitrogens with zero attached hydrogens (tertiary/aromatic N) is 4. The second kappa shape index (κ2) is 7.23. The van der Waals surface area contributed by atoms with Crippen molar-refractivity contribution in [2.24, 2.45) is 0 Å². The van der Waals surface area contributed by atoms with Crippen LogP contribution in [0.15, 0.2) is 65.1 Å². The van der Waals surface area contributed by atoms with E-state index in [4.69, 9.17) is 9.15 Å². The molecule has 0 atom stereocenters. The average Bonchev–Trinajstić information content (AvgIpc) is 3.21. The molecular weight excluding hydrogens is 364 g/mol. The highest BCUT2D eigenvalue weighted by molar-refractivity contribution is 5.90. The number of esters is 1. The summed E-state index contributed by atoms with van der Waals surface area (Å²) in [6.45, 7) is -0.215.